The molecule has 1 fully saturated rings. The molecule has 2 aromatic rings. The maximum Gasteiger partial charge on any atom is 0.254 e. The minimum atomic E-state index is -0.216. The fraction of sp³-hybridized carbons (Fsp3) is 0.500. The topological polar surface area (TPSA) is 107 Å². The van der Waals surface area contributed by atoms with Crippen LogP contribution in [0, 0.1) is 0 Å². The minimum Gasteiger partial charge on any atom is -0.491 e. The minimum absolute atomic E-state index is 0.0909. The number of carbonyl (C=O) groups excluding carboxylic acids is 1. The summed E-state index contributed by atoms with van der Waals surface area (Å²) in [6.45, 7) is 2.11. The predicted molar refractivity (Wildman–Crippen MR) is 104 cm³/mol. The third-order valence-corrected chi connectivity index (χ3v) is 5.40. The highest BCUT2D eigenvalue weighted by atomic mass is 16.5. The van der Waals surface area contributed by atoms with Crippen LogP contribution in [0.4, 0.5) is 0 Å². The zero-order valence-corrected chi connectivity index (χ0v) is 15.9. The Hall–Kier alpha value is -2.99. The first-order valence-corrected chi connectivity index (χ1v) is 9.77. The van der Waals surface area contributed by atoms with Gasteiger partial charge in [0.15, 0.2) is 0 Å². The first kappa shape index (κ1) is 18.4. The molecule has 1 N–H and O–H groups in total. The van der Waals surface area contributed by atoms with Crippen LogP contribution >= 0.6 is 0 Å². The second-order valence-corrected chi connectivity index (χ2v) is 7.58. The third-order valence-electron chi connectivity index (χ3n) is 5.40. The first-order valence-electron chi connectivity index (χ1n) is 9.77. The molecular formula is C20H24N6O2. The Morgan fingerprint density at radius 1 is 1.36 bits per heavy atom. The first-order chi connectivity index (χ1) is 13.7. The van der Waals surface area contributed by atoms with E-state index in [1.807, 2.05) is 25.3 Å². The van der Waals surface area contributed by atoms with Crippen LogP contribution in [0.1, 0.15) is 47.8 Å². The number of aromatic amines is 1. The zero-order chi connectivity index (χ0) is 19.5. The Labute approximate surface area is 163 Å². The summed E-state index contributed by atoms with van der Waals surface area (Å²) in [4.78, 5) is 18.1. The summed E-state index contributed by atoms with van der Waals surface area (Å²) in [5.74, 6) is 0.754. The highest BCUT2D eigenvalue weighted by Gasteiger charge is 2.39. The number of nitrogens with zero attached hydrogens (tertiary/aromatic N) is 5. The summed E-state index contributed by atoms with van der Waals surface area (Å²) in [5, 5.41) is 10.7. The second-order valence-electron chi connectivity index (χ2n) is 7.58. The van der Waals surface area contributed by atoms with Gasteiger partial charge in [0.1, 0.15) is 11.9 Å². The van der Waals surface area contributed by atoms with Gasteiger partial charge in [-0.1, -0.05) is 5.11 Å². The molecule has 1 aromatic heterocycles. The molecule has 1 amide bonds. The van der Waals surface area contributed by atoms with Crippen molar-refractivity contribution >= 4 is 5.91 Å². The molecule has 8 heteroatoms. The van der Waals surface area contributed by atoms with Crippen molar-refractivity contribution in [3.05, 3.63) is 57.7 Å². The van der Waals surface area contributed by atoms with Gasteiger partial charge >= 0.3 is 0 Å². The lowest BCUT2D eigenvalue weighted by Gasteiger charge is -2.34. The Morgan fingerprint density at radius 3 is 2.86 bits per heavy atom. The number of amides is 1. The van der Waals surface area contributed by atoms with Crippen LogP contribution in [0.15, 0.2) is 35.6 Å². The standard InChI is InChI=1S/C20H24N6O2/c1-13(11-23-25-21)28-18-7-2-14(3-8-18)20(27)26(16-4-5-16)17-6-9-19-15(10-17)12-22-24-19/h2-3,7-8,12-13,16-17H,4-6,9-11H2,1H3,(H,22,24). The lowest BCUT2D eigenvalue weighted by molar-refractivity contribution is 0.0642. The van der Waals surface area contributed by atoms with Crippen LogP contribution < -0.4 is 4.74 Å². The van der Waals surface area contributed by atoms with Crippen LogP contribution in [-0.2, 0) is 12.8 Å². The van der Waals surface area contributed by atoms with E-state index in [1.165, 1.54) is 11.3 Å². The Bertz CT molecular complexity index is 882. The third kappa shape index (κ3) is 3.97. The number of aromatic nitrogens is 2. The maximum absolute atomic E-state index is 13.3. The van der Waals surface area contributed by atoms with Gasteiger partial charge in [-0.25, -0.2) is 0 Å². The van der Waals surface area contributed by atoms with E-state index in [0.29, 0.717) is 17.4 Å². The number of H-pyrrole nitrogens is 1. The van der Waals surface area contributed by atoms with Gasteiger partial charge in [-0.15, -0.1) is 0 Å². The van der Waals surface area contributed by atoms with Crippen molar-refractivity contribution in [3.63, 3.8) is 0 Å². The molecule has 0 saturated heterocycles. The largest absolute Gasteiger partial charge is 0.491 e. The lowest BCUT2D eigenvalue weighted by atomic mass is 9.92. The summed E-state index contributed by atoms with van der Waals surface area (Å²) in [5.41, 5.74) is 11.5. The van der Waals surface area contributed by atoms with E-state index < -0.39 is 0 Å². The normalized spacial score (nSPS) is 19.2. The summed E-state index contributed by atoms with van der Waals surface area (Å²) in [6, 6.07) is 7.83. The monoisotopic (exact) mass is 380 g/mol. The van der Waals surface area contributed by atoms with Crippen molar-refractivity contribution in [2.75, 3.05) is 6.54 Å². The number of hydrogen-bond acceptors (Lipinski definition) is 4. The van der Waals surface area contributed by atoms with E-state index in [9.17, 15) is 4.79 Å². The number of ether oxygens (including phenoxy) is 1. The molecule has 2 unspecified atom stereocenters. The van der Waals surface area contributed by atoms with Gasteiger partial charge in [-0.05, 0) is 74.4 Å². The van der Waals surface area contributed by atoms with Gasteiger partial charge in [0.2, 0.25) is 0 Å². The Kier molecular flexibility index (Phi) is 5.21. The number of fused-ring (bicyclic) bond motifs is 1. The Balaban J connectivity index is 1.45. The molecule has 28 heavy (non-hydrogen) atoms. The fourth-order valence-corrected chi connectivity index (χ4v) is 3.86. The molecule has 2 aliphatic rings. The van der Waals surface area contributed by atoms with Crippen molar-refractivity contribution in [3.8, 4) is 5.75 Å². The smallest absolute Gasteiger partial charge is 0.254 e. The highest BCUT2D eigenvalue weighted by molar-refractivity contribution is 5.95. The van der Waals surface area contributed by atoms with Gasteiger partial charge < -0.3 is 9.64 Å². The van der Waals surface area contributed by atoms with E-state index in [-0.39, 0.29) is 24.6 Å². The number of benzene rings is 1. The molecule has 2 atom stereocenters. The molecule has 0 spiro atoms. The van der Waals surface area contributed by atoms with Gasteiger partial charge in [0, 0.05) is 28.3 Å². The Morgan fingerprint density at radius 2 is 2.14 bits per heavy atom. The molecule has 146 valence electrons. The fourth-order valence-electron chi connectivity index (χ4n) is 3.86. The van der Waals surface area contributed by atoms with Crippen LogP contribution in [0.5, 0.6) is 5.75 Å². The molecule has 8 nitrogen and oxygen atoms in total. The van der Waals surface area contributed by atoms with Crippen molar-refractivity contribution in [1.82, 2.24) is 15.1 Å². The molecule has 1 saturated carbocycles. The zero-order valence-electron chi connectivity index (χ0n) is 15.9. The predicted octanol–water partition coefficient (Wildman–Crippen LogP) is 3.65. The molecule has 2 aliphatic carbocycles. The van der Waals surface area contributed by atoms with Crippen LogP contribution in [0.2, 0.25) is 0 Å². The molecule has 0 aliphatic heterocycles. The quantitative estimate of drug-likeness (QED) is 0.450. The lowest BCUT2D eigenvalue weighted by Crippen LogP contribution is -2.44. The van der Waals surface area contributed by atoms with Crippen molar-refractivity contribution in [1.29, 1.82) is 0 Å². The molecular weight excluding hydrogens is 356 g/mol. The number of nitrogens with one attached hydrogen (secondary N) is 1. The van der Waals surface area contributed by atoms with Crippen LogP contribution in [0.3, 0.4) is 0 Å². The summed E-state index contributed by atoms with van der Waals surface area (Å²) in [7, 11) is 0. The number of rotatable bonds is 7. The second kappa shape index (κ2) is 7.94. The van der Waals surface area contributed by atoms with Crippen LogP contribution in [0.25, 0.3) is 10.4 Å². The molecule has 1 aromatic carbocycles. The van der Waals surface area contributed by atoms with Crippen molar-refractivity contribution < 1.29 is 9.53 Å². The van der Waals surface area contributed by atoms with E-state index >= 15 is 0 Å². The highest BCUT2D eigenvalue weighted by Crippen LogP contribution is 2.34. The number of aryl methyl sites for hydroxylation is 1. The molecule has 0 bridgehead atoms. The number of carbonyl (C=O) groups is 1. The van der Waals surface area contributed by atoms with Crippen molar-refractivity contribution in [2.24, 2.45) is 5.11 Å². The van der Waals surface area contributed by atoms with Crippen LogP contribution in [-0.4, -0.2) is 45.7 Å². The van der Waals surface area contributed by atoms with E-state index in [4.69, 9.17) is 10.3 Å². The van der Waals surface area contributed by atoms with Gasteiger partial charge in [-0.3, -0.25) is 9.89 Å². The SMILES string of the molecule is CC(CN=[N+]=[N-])Oc1ccc(C(=O)N(C2CC2)C2CCc3[nH]ncc3C2)cc1. The van der Waals surface area contributed by atoms with E-state index in [1.54, 1.807) is 12.1 Å². The average Bonchev–Trinajstić information content (AvgIpc) is 3.42. The molecule has 4 rings (SSSR count). The van der Waals surface area contributed by atoms with E-state index in [0.717, 1.165) is 32.1 Å². The van der Waals surface area contributed by atoms with Gasteiger partial charge in [0.05, 0.1) is 12.7 Å². The summed E-state index contributed by atoms with van der Waals surface area (Å²) >= 11 is 0. The molecule has 1 heterocycles. The van der Waals surface area contributed by atoms with Crippen molar-refractivity contribution in [2.45, 2.75) is 57.2 Å². The van der Waals surface area contributed by atoms with Gasteiger partial charge in [-0.2, -0.15) is 5.10 Å². The number of hydrogen-bond donors (Lipinski definition) is 1. The van der Waals surface area contributed by atoms with E-state index in [2.05, 4.69) is 25.1 Å². The summed E-state index contributed by atoms with van der Waals surface area (Å²) < 4.78 is 5.72. The molecule has 0 radical (unpaired) electrons. The summed E-state index contributed by atoms with van der Waals surface area (Å²) in [6.07, 6.45) is 6.61. The number of azide groups is 1. The average molecular weight is 380 g/mol. The maximum atomic E-state index is 13.3. The van der Waals surface area contributed by atoms with Gasteiger partial charge in [0.25, 0.3) is 5.91 Å².